The lowest BCUT2D eigenvalue weighted by molar-refractivity contribution is -0.884. The zero-order valence-corrected chi connectivity index (χ0v) is 17.9. The lowest BCUT2D eigenvalue weighted by Crippen LogP contribution is -2.29. The van der Waals surface area contributed by atoms with Crippen LogP contribution in [0.5, 0.6) is 0 Å². The number of nitrogens with zero attached hydrogens (tertiary/aromatic N) is 5. The molecule has 0 radical (unpaired) electrons. The Morgan fingerprint density at radius 2 is 2.30 bits per heavy atom. The molecular weight excluding hydrogens is 422 g/mol. The van der Waals surface area contributed by atoms with Gasteiger partial charge in [0.1, 0.15) is 17.0 Å². The molecule has 30 heavy (non-hydrogen) atoms. The van der Waals surface area contributed by atoms with E-state index in [1.807, 2.05) is 12.1 Å². The summed E-state index contributed by atoms with van der Waals surface area (Å²) in [5.74, 6) is 0.808. The molecule has 0 bridgehead atoms. The minimum absolute atomic E-state index is 0.124. The van der Waals surface area contributed by atoms with Crippen LogP contribution in [0.15, 0.2) is 40.6 Å². The highest BCUT2D eigenvalue weighted by atomic mass is 35.5. The summed E-state index contributed by atoms with van der Waals surface area (Å²) in [6.07, 6.45) is 5.03. The van der Waals surface area contributed by atoms with Crippen molar-refractivity contribution in [3.8, 4) is 0 Å². The van der Waals surface area contributed by atoms with Crippen LogP contribution in [-0.4, -0.2) is 44.3 Å². The highest BCUT2D eigenvalue weighted by molar-refractivity contribution is 7.99. The number of anilines is 1. The van der Waals surface area contributed by atoms with Gasteiger partial charge in [-0.15, -0.1) is 0 Å². The van der Waals surface area contributed by atoms with Crippen molar-refractivity contribution in [3.05, 3.63) is 41.3 Å². The number of hydrogen-bond acceptors (Lipinski definition) is 7. The van der Waals surface area contributed by atoms with Gasteiger partial charge in [-0.3, -0.25) is 5.21 Å². The number of pyridine rings is 2. The molecule has 8 nitrogen and oxygen atoms in total. The maximum atomic E-state index is 10.1. The highest BCUT2D eigenvalue weighted by Gasteiger charge is 2.26. The van der Waals surface area contributed by atoms with E-state index >= 15 is 0 Å². The van der Waals surface area contributed by atoms with Crippen LogP contribution in [0.1, 0.15) is 19.0 Å². The fraction of sp³-hybridized carbons (Fsp3) is 0.300. The predicted molar refractivity (Wildman–Crippen MR) is 116 cm³/mol. The SMILES string of the molecule is CCc1[nH]c2nc(Sc3cnc4ccc[n+](O)c4c3)nc(N3CCC(N)C3)c2c1Cl. The van der Waals surface area contributed by atoms with Gasteiger partial charge in [0.2, 0.25) is 6.20 Å². The minimum Gasteiger partial charge on any atom is -0.354 e. The molecule has 1 unspecified atom stereocenters. The summed E-state index contributed by atoms with van der Waals surface area (Å²) in [7, 11) is 0. The van der Waals surface area contributed by atoms with Gasteiger partial charge in [-0.05, 0) is 30.7 Å². The Labute approximate surface area is 182 Å². The van der Waals surface area contributed by atoms with Crippen molar-refractivity contribution in [1.82, 2.24) is 19.9 Å². The van der Waals surface area contributed by atoms with E-state index in [-0.39, 0.29) is 6.04 Å². The van der Waals surface area contributed by atoms with Gasteiger partial charge in [0.15, 0.2) is 5.16 Å². The molecule has 1 saturated heterocycles. The number of aromatic amines is 1. The Hall–Kier alpha value is -2.62. The summed E-state index contributed by atoms with van der Waals surface area (Å²) in [6.45, 7) is 3.62. The molecule has 10 heteroatoms. The lowest BCUT2D eigenvalue weighted by atomic mass is 10.3. The van der Waals surface area contributed by atoms with Gasteiger partial charge in [-0.2, -0.15) is 0 Å². The van der Waals surface area contributed by atoms with Crippen molar-refractivity contribution in [2.24, 2.45) is 5.73 Å². The molecule has 4 aromatic rings. The number of aromatic nitrogens is 5. The first kappa shape index (κ1) is 19.3. The summed E-state index contributed by atoms with van der Waals surface area (Å²) in [4.78, 5) is 20.3. The summed E-state index contributed by atoms with van der Waals surface area (Å²) in [6, 6.07) is 5.58. The number of nitrogens with two attached hydrogens (primary N) is 1. The first-order chi connectivity index (χ1) is 14.5. The maximum Gasteiger partial charge on any atom is 0.283 e. The van der Waals surface area contributed by atoms with Crippen LogP contribution in [-0.2, 0) is 6.42 Å². The third-order valence-corrected chi connectivity index (χ3v) is 6.55. The largest absolute Gasteiger partial charge is 0.354 e. The van der Waals surface area contributed by atoms with E-state index in [4.69, 9.17) is 27.3 Å². The first-order valence-electron chi connectivity index (χ1n) is 9.79. The molecule has 4 aromatic heterocycles. The smallest absolute Gasteiger partial charge is 0.283 e. The second kappa shape index (κ2) is 7.57. The van der Waals surface area contributed by atoms with Crippen molar-refractivity contribution in [3.63, 3.8) is 0 Å². The summed E-state index contributed by atoms with van der Waals surface area (Å²) >= 11 is 8.05. The van der Waals surface area contributed by atoms with Gasteiger partial charge in [0, 0.05) is 52.8 Å². The fourth-order valence-electron chi connectivity index (χ4n) is 3.78. The Morgan fingerprint density at radius 1 is 1.43 bits per heavy atom. The minimum atomic E-state index is 0.124. The second-order valence-electron chi connectivity index (χ2n) is 7.35. The van der Waals surface area contributed by atoms with Gasteiger partial charge < -0.3 is 15.6 Å². The average molecular weight is 443 g/mol. The molecule has 0 saturated carbocycles. The zero-order chi connectivity index (χ0) is 20.8. The van der Waals surface area contributed by atoms with Crippen LogP contribution in [0.2, 0.25) is 5.02 Å². The van der Waals surface area contributed by atoms with Gasteiger partial charge in [-0.1, -0.05) is 18.5 Å². The Balaban J connectivity index is 1.60. The van der Waals surface area contributed by atoms with Crippen LogP contribution < -0.4 is 15.4 Å². The first-order valence-corrected chi connectivity index (χ1v) is 11.0. The van der Waals surface area contributed by atoms with Crippen LogP contribution in [0.3, 0.4) is 0 Å². The van der Waals surface area contributed by atoms with E-state index in [1.165, 1.54) is 11.8 Å². The molecule has 1 aliphatic heterocycles. The van der Waals surface area contributed by atoms with Crippen LogP contribution >= 0.6 is 23.4 Å². The second-order valence-corrected chi connectivity index (χ2v) is 8.77. The predicted octanol–water partition coefficient (Wildman–Crippen LogP) is 2.94. The summed E-state index contributed by atoms with van der Waals surface area (Å²) < 4.78 is 1.06. The van der Waals surface area contributed by atoms with Gasteiger partial charge in [0.25, 0.3) is 5.52 Å². The molecule has 0 aromatic carbocycles. The lowest BCUT2D eigenvalue weighted by Gasteiger charge is -2.18. The Bertz CT molecular complexity index is 1260. The number of H-pyrrole nitrogens is 1. The molecule has 1 atom stereocenters. The normalized spacial score (nSPS) is 16.8. The zero-order valence-electron chi connectivity index (χ0n) is 16.3. The molecule has 154 valence electrons. The van der Waals surface area contributed by atoms with E-state index in [0.717, 1.165) is 58.1 Å². The number of nitrogens with one attached hydrogen (secondary N) is 1. The number of rotatable bonds is 4. The van der Waals surface area contributed by atoms with E-state index in [2.05, 4.69) is 21.8 Å². The molecule has 5 rings (SSSR count). The van der Waals surface area contributed by atoms with Crippen LogP contribution in [0.25, 0.3) is 22.1 Å². The average Bonchev–Trinajstić information content (AvgIpc) is 3.31. The molecule has 5 heterocycles. The van der Waals surface area contributed by atoms with Gasteiger partial charge >= 0.3 is 0 Å². The summed E-state index contributed by atoms with van der Waals surface area (Å²) in [5.41, 5.74) is 9.12. The molecule has 1 fully saturated rings. The quantitative estimate of drug-likeness (QED) is 0.253. The van der Waals surface area contributed by atoms with Crippen molar-refractivity contribution in [2.45, 2.75) is 35.9 Å². The topological polar surface area (TPSA) is 108 Å². The van der Waals surface area contributed by atoms with Gasteiger partial charge in [-0.25, -0.2) is 15.0 Å². The van der Waals surface area contributed by atoms with E-state index in [1.54, 1.807) is 18.5 Å². The van der Waals surface area contributed by atoms with Gasteiger partial charge in [0.05, 0.1) is 10.4 Å². The standard InChI is InChI=1S/C20H21ClN7OS/c1-2-13-17(21)16-18(24-13)25-20(26-19(16)27-7-5-11(22)10-27)30-12-8-15-14(23-9-12)4-3-6-28(15)29/h3-4,6,8-9,11,29H,2,5,7,10,22H2,1H3,(H,24,25,26)/q+1. The van der Waals surface area contributed by atoms with E-state index in [0.29, 0.717) is 21.2 Å². The van der Waals surface area contributed by atoms with E-state index in [9.17, 15) is 5.21 Å². The monoisotopic (exact) mass is 442 g/mol. The van der Waals surface area contributed by atoms with Crippen molar-refractivity contribution >= 4 is 51.2 Å². The highest BCUT2D eigenvalue weighted by Crippen LogP contribution is 2.37. The molecule has 0 amide bonds. The van der Waals surface area contributed by atoms with E-state index < -0.39 is 0 Å². The number of hydrogen-bond donors (Lipinski definition) is 3. The summed E-state index contributed by atoms with van der Waals surface area (Å²) in [5, 5.41) is 12.2. The molecular formula is C20H21ClN7OS+. The number of aryl methyl sites for hydroxylation is 1. The molecule has 4 N–H and O–H groups in total. The Kier molecular flexibility index (Phi) is 4.88. The number of halogens is 1. The van der Waals surface area contributed by atoms with Crippen molar-refractivity contribution in [2.75, 3.05) is 18.0 Å². The fourth-order valence-corrected chi connectivity index (χ4v) is 4.89. The Morgan fingerprint density at radius 3 is 3.07 bits per heavy atom. The third-order valence-electron chi connectivity index (χ3n) is 5.31. The molecule has 0 spiro atoms. The molecule has 0 aliphatic carbocycles. The van der Waals surface area contributed by atoms with Crippen molar-refractivity contribution in [1.29, 1.82) is 0 Å². The van der Waals surface area contributed by atoms with Crippen LogP contribution in [0, 0.1) is 0 Å². The molecule has 1 aliphatic rings. The van der Waals surface area contributed by atoms with Crippen molar-refractivity contribution < 1.29 is 9.94 Å². The maximum absolute atomic E-state index is 10.1. The third kappa shape index (κ3) is 3.32. The number of fused-ring (bicyclic) bond motifs is 2. The van der Waals surface area contributed by atoms with Crippen LogP contribution in [0.4, 0.5) is 5.82 Å².